The van der Waals surface area contributed by atoms with Gasteiger partial charge in [0.15, 0.2) is 5.54 Å². The number of urea groups is 1. The number of hydrogen-bond acceptors (Lipinski definition) is 4. The molecule has 0 spiro atoms. The van der Waals surface area contributed by atoms with Crippen molar-refractivity contribution in [1.29, 1.82) is 0 Å². The number of hydrogen-bond donors (Lipinski definition) is 2. The number of nitrogens with one attached hydrogen (secondary N) is 2. The van der Waals surface area contributed by atoms with Crippen LogP contribution in [0.4, 0.5) is 4.79 Å². The van der Waals surface area contributed by atoms with E-state index in [1.807, 2.05) is 30.3 Å². The SMILES string of the molecule is Cc1cccn(CC2(c3cccc(OCc4ccccc4)c3)NC(=O)NC2=O)c1=O. The van der Waals surface area contributed by atoms with Crippen LogP contribution in [0.25, 0.3) is 0 Å². The monoisotopic (exact) mass is 403 g/mol. The van der Waals surface area contributed by atoms with Crippen LogP contribution in [-0.4, -0.2) is 16.5 Å². The van der Waals surface area contributed by atoms with Crippen LogP contribution in [0.15, 0.2) is 77.7 Å². The summed E-state index contributed by atoms with van der Waals surface area (Å²) in [5.41, 5.74) is 0.459. The van der Waals surface area contributed by atoms with Crippen molar-refractivity contribution in [3.05, 3.63) is 100.0 Å². The van der Waals surface area contributed by atoms with Gasteiger partial charge in [-0.2, -0.15) is 0 Å². The van der Waals surface area contributed by atoms with Crippen molar-refractivity contribution in [2.24, 2.45) is 0 Å². The molecule has 1 atom stereocenters. The summed E-state index contributed by atoms with van der Waals surface area (Å²) in [6.45, 7) is 2.04. The normalized spacial score (nSPS) is 18.0. The molecule has 1 aliphatic rings. The van der Waals surface area contributed by atoms with E-state index in [0.29, 0.717) is 23.5 Å². The third kappa shape index (κ3) is 3.69. The smallest absolute Gasteiger partial charge is 0.322 e. The van der Waals surface area contributed by atoms with Gasteiger partial charge < -0.3 is 14.6 Å². The van der Waals surface area contributed by atoms with Crippen LogP contribution in [0.3, 0.4) is 0 Å². The molecule has 2 aromatic carbocycles. The Balaban J connectivity index is 1.68. The van der Waals surface area contributed by atoms with Gasteiger partial charge in [-0.1, -0.05) is 48.5 Å². The lowest BCUT2D eigenvalue weighted by atomic mass is 9.89. The van der Waals surface area contributed by atoms with Crippen LogP contribution in [0.2, 0.25) is 0 Å². The number of amides is 3. The molecule has 2 heterocycles. The molecule has 1 aliphatic heterocycles. The fourth-order valence-corrected chi connectivity index (χ4v) is 3.53. The van der Waals surface area contributed by atoms with Crippen molar-refractivity contribution in [2.75, 3.05) is 0 Å². The van der Waals surface area contributed by atoms with Gasteiger partial charge in [-0.15, -0.1) is 0 Å². The fourth-order valence-electron chi connectivity index (χ4n) is 3.53. The summed E-state index contributed by atoms with van der Waals surface area (Å²) in [5.74, 6) is 0.0439. The number of rotatable bonds is 6. The van der Waals surface area contributed by atoms with E-state index >= 15 is 0 Å². The number of ether oxygens (including phenoxy) is 1. The van der Waals surface area contributed by atoms with E-state index < -0.39 is 17.5 Å². The maximum atomic E-state index is 12.8. The highest BCUT2D eigenvalue weighted by atomic mass is 16.5. The molecule has 2 N–H and O–H groups in total. The molecular weight excluding hydrogens is 382 g/mol. The zero-order chi connectivity index (χ0) is 21.1. The molecule has 7 heteroatoms. The molecule has 7 nitrogen and oxygen atoms in total. The van der Waals surface area contributed by atoms with Gasteiger partial charge in [-0.3, -0.25) is 14.9 Å². The third-order valence-corrected chi connectivity index (χ3v) is 5.13. The third-order valence-electron chi connectivity index (χ3n) is 5.13. The van der Waals surface area contributed by atoms with Gasteiger partial charge in [0.25, 0.3) is 11.5 Å². The van der Waals surface area contributed by atoms with E-state index in [1.165, 1.54) is 4.57 Å². The Hall–Kier alpha value is -3.87. The molecule has 30 heavy (non-hydrogen) atoms. The van der Waals surface area contributed by atoms with Gasteiger partial charge in [-0.05, 0) is 36.2 Å². The molecule has 1 saturated heterocycles. The predicted octanol–water partition coefficient (Wildman–Crippen LogP) is 2.47. The van der Waals surface area contributed by atoms with Crippen LogP contribution >= 0.6 is 0 Å². The molecule has 1 fully saturated rings. The Morgan fingerprint density at radius 1 is 0.967 bits per heavy atom. The van der Waals surface area contributed by atoms with Crippen molar-refractivity contribution in [1.82, 2.24) is 15.2 Å². The molecule has 0 bridgehead atoms. The Labute approximate surface area is 173 Å². The van der Waals surface area contributed by atoms with Crippen molar-refractivity contribution in [2.45, 2.75) is 25.6 Å². The summed E-state index contributed by atoms with van der Waals surface area (Å²) in [7, 11) is 0. The number of carbonyl (C=O) groups is 2. The highest BCUT2D eigenvalue weighted by Crippen LogP contribution is 2.30. The molecule has 0 radical (unpaired) electrons. The average Bonchev–Trinajstić information content (AvgIpc) is 3.04. The Kier molecular flexibility index (Phi) is 5.10. The topological polar surface area (TPSA) is 89.4 Å². The van der Waals surface area contributed by atoms with E-state index in [9.17, 15) is 14.4 Å². The Bertz CT molecular complexity index is 1160. The van der Waals surface area contributed by atoms with Crippen LogP contribution in [-0.2, 0) is 23.5 Å². The number of nitrogens with zero attached hydrogens (tertiary/aromatic N) is 1. The Morgan fingerprint density at radius 2 is 1.77 bits per heavy atom. The lowest BCUT2D eigenvalue weighted by Crippen LogP contribution is -2.49. The number of benzene rings is 2. The number of aryl methyl sites for hydroxylation is 1. The molecule has 0 saturated carbocycles. The van der Waals surface area contributed by atoms with Gasteiger partial charge in [0.05, 0.1) is 6.54 Å². The second-order valence-corrected chi connectivity index (χ2v) is 7.24. The summed E-state index contributed by atoms with van der Waals surface area (Å²) >= 11 is 0. The van der Waals surface area contributed by atoms with Gasteiger partial charge in [0, 0.05) is 11.8 Å². The number of imide groups is 1. The second-order valence-electron chi connectivity index (χ2n) is 7.24. The maximum Gasteiger partial charge on any atom is 0.322 e. The van der Waals surface area contributed by atoms with Crippen LogP contribution in [0, 0.1) is 6.92 Å². The van der Waals surface area contributed by atoms with Gasteiger partial charge >= 0.3 is 6.03 Å². The summed E-state index contributed by atoms with van der Waals surface area (Å²) < 4.78 is 7.31. The lowest BCUT2D eigenvalue weighted by Gasteiger charge is -2.28. The summed E-state index contributed by atoms with van der Waals surface area (Å²) in [4.78, 5) is 37.4. The highest BCUT2D eigenvalue weighted by molar-refractivity contribution is 6.07. The first-order valence-electron chi connectivity index (χ1n) is 9.55. The van der Waals surface area contributed by atoms with E-state index in [-0.39, 0.29) is 12.1 Å². The summed E-state index contributed by atoms with van der Waals surface area (Å²) in [6.07, 6.45) is 1.60. The van der Waals surface area contributed by atoms with Crippen molar-refractivity contribution in [3.63, 3.8) is 0 Å². The van der Waals surface area contributed by atoms with Crippen LogP contribution in [0.5, 0.6) is 5.75 Å². The molecule has 0 aliphatic carbocycles. The molecule has 152 valence electrons. The van der Waals surface area contributed by atoms with Gasteiger partial charge in [-0.25, -0.2) is 4.79 Å². The van der Waals surface area contributed by atoms with Gasteiger partial charge in [0.2, 0.25) is 0 Å². The maximum absolute atomic E-state index is 12.8. The fraction of sp³-hybridized carbons (Fsp3) is 0.174. The quantitative estimate of drug-likeness (QED) is 0.619. The molecule has 1 aromatic heterocycles. The number of aromatic nitrogens is 1. The van der Waals surface area contributed by atoms with Crippen molar-refractivity contribution in [3.8, 4) is 5.75 Å². The first kappa shape index (κ1) is 19.4. The number of carbonyl (C=O) groups excluding carboxylic acids is 2. The predicted molar refractivity (Wildman–Crippen MR) is 111 cm³/mol. The first-order chi connectivity index (χ1) is 14.5. The van der Waals surface area contributed by atoms with E-state index in [2.05, 4.69) is 10.6 Å². The molecular formula is C23H21N3O4. The summed E-state index contributed by atoms with van der Waals surface area (Å²) in [5, 5.41) is 5.01. The highest BCUT2D eigenvalue weighted by Gasteiger charge is 2.48. The van der Waals surface area contributed by atoms with Crippen molar-refractivity contribution < 1.29 is 14.3 Å². The minimum atomic E-state index is -1.42. The van der Waals surface area contributed by atoms with E-state index in [0.717, 1.165) is 5.56 Å². The minimum absolute atomic E-state index is 0.0345. The molecule has 3 amide bonds. The molecule has 1 unspecified atom stereocenters. The van der Waals surface area contributed by atoms with E-state index in [4.69, 9.17) is 4.74 Å². The van der Waals surface area contributed by atoms with Gasteiger partial charge in [0.1, 0.15) is 12.4 Å². The Morgan fingerprint density at radius 3 is 2.50 bits per heavy atom. The van der Waals surface area contributed by atoms with Crippen LogP contribution in [0.1, 0.15) is 16.7 Å². The average molecular weight is 403 g/mol. The zero-order valence-electron chi connectivity index (χ0n) is 16.4. The molecule has 4 rings (SSSR count). The van der Waals surface area contributed by atoms with E-state index in [1.54, 1.807) is 49.5 Å². The number of pyridine rings is 1. The summed E-state index contributed by atoms with van der Waals surface area (Å²) in [6, 6.07) is 19.6. The standard InChI is InChI=1S/C23H21N3O4/c1-16-7-6-12-26(20(16)27)15-23(21(28)24-22(29)25-23)18-10-5-11-19(13-18)30-14-17-8-3-2-4-9-17/h2-13H,14-15H2,1H3,(H2,24,25,28,29). The molecule has 3 aromatic rings. The minimum Gasteiger partial charge on any atom is -0.489 e. The zero-order valence-corrected chi connectivity index (χ0v) is 16.4. The first-order valence-corrected chi connectivity index (χ1v) is 9.55. The largest absolute Gasteiger partial charge is 0.489 e. The lowest BCUT2D eigenvalue weighted by molar-refractivity contribution is -0.124. The second kappa shape index (κ2) is 7.87. The van der Waals surface area contributed by atoms with Crippen molar-refractivity contribution >= 4 is 11.9 Å². The van der Waals surface area contributed by atoms with Crippen LogP contribution < -0.4 is 20.9 Å².